The number of aromatic nitrogens is 1. The van der Waals surface area contributed by atoms with Crippen LogP contribution in [0, 0.1) is 0 Å². The minimum atomic E-state index is -0.979. The molecule has 0 aliphatic rings. The first-order valence-corrected chi connectivity index (χ1v) is 6.08. The molecule has 0 bridgehead atoms. The quantitative estimate of drug-likeness (QED) is 0.860. The highest BCUT2D eigenvalue weighted by Gasteiger charge is 2.04. The SMILES string of the molecule is COc1cccc(-c2csc(/C=C/C(=O)O)n2)c1. The molecule has 4 nitrogen and oxygen atoms in total. The van der Waals surface area contributed by atoms with Gasteiger partial charge in [0.2, 0.25) is 0 Å². The molecule has 0 atom stereocenters. The topological polar surface area (TPSA) is 59.4 Å². The zero-order chi connectivity index (χ0) is 13.0. The van der Waals surface area contributed by atoms with Gasteiger partial charge in [0.25, 0.3) is 0 Å². The van der Waals surface area contributed by atoms with Crippen LogP contribution in [0.3, 0.4) is 0 Å². The van der Waals surface area contributed by atoms with Gasteiger partial charge in [0.05, 0.1) is 12.8 Å². The van der Waals surface area contributed by atoms with Crippen molar-refractivity contribution >= 4 is 23.4 Å². The summed E-state index contributed by atoms with van der Waals surface area (Å²) in [5.41, 5.74) is 1.75. The van der Waals surface area contributed by atoms with Crippen LogP contribution >= 0.6 is 11.3 Å². The third kappa shape index (κ3) is 2.95. The lowest BCUT2D eigenvalue weighted by atomic mass is 10.2. The summed E-state index contributed by atoms with van der Waals surface area (Å²) in [6.45, 7) is 0. The molecule has 92 valence electrons. The Morgan fingerprint density at radius 2 is 2.33 bits per heavy atom. The number of rotatable bonds is 4. The average molecular weight is 261 g/mol. The Morgan fingerprint density at radius 1 is 1.50 bits per heavy atom. The zero-order valence-electron chi connectivity index (χ0n) is 9.66. The molecule has 1 aromatic carbocycles. The smallest absolute Gasteiger partial charge is 0.328 e. The molecule has 0 saturated heterocycles. The third-order valence-electron chi connectivity index (χ3n) is 2.26. The van der Waals surface area contributed by atoms with E-state index in [0.29, 0.717) is 5.01 Å². The van der Waals surface area contributed by atoms with Gasteiger partial charge in [-0.2, -0.15) is 0 Å². The Hall–Kier alpha value is -2.14. The van der Waals surface area contributed by atoms with Gasteiger partial charge in [-0.05, 0) is 18.2 Å². The average Bonchev–Trinajstić information content (AvgIpc) is 2.85. The number of aliphatic carboxylic acids is 1. The molecule has 0 amide bonds. The van der Waals surface area contributed by atoms with Crippen molar-refractivity contribution in [2.24, 2.45) is 0 Å². The fourth-order valence-electron chi connectivity index (χ4n) is 1.42. The largest absolute Gasteiger partial charge is 0.497 e. The van der Waals surface area contributed by atoms with Crippen molar-refractivity contribution in [1.82, 2.24) is 4.98 Å². The summed E-state index contributed by atoms with van der Waals surface area (Å²) in [5.74, 6) is -0.212. The highest BCUT2D eigenvalue weighted by atomic mass is 32.1. The van der Waals surface area contributed by atoms with Gasteiger partial charge >= 0.3 is 5.97 Å². The van der Waals surface area contributed by atoms with Crippen molar-refractivity contribution in [1.29, 1.82) is 0 Å². The molecule has 0 aliphatic heterocycles. The number of benzene rings is 1. The third-order valence-corrected chi connectivity index (χ3v) is 3.07. The molecular formula is C13H11NO3S. The standard InChI is InChI=1S/C13H11NO3S/c1-17-10-4-2-3-9(7-10)11-8-18-12(14-11)5-6-13(15)16/h2-8H,1H3,(H,15,16)/b6-5+. The number of carbonyl (C=O) groups is 1. The number of hydrogen-bond donors (Lipinski definition) is 1. The Balaban J connectivity index is 2.26. The molecule has 5 heteroatoms. The van der Waals surface area contributed by atoms with Gasteiger partial charge in [-0.3, -0.25) is 0 Å². The number of thiazole rings is 1. The van der Waals surface area contributed by atoms with Crippen LogP contribution in [0.15, 0.2) is 35.7 Å². The van der Waals surface area contributed by atoms with E-state index in [1.54, 1.807) is 7.11 Å². The van der Waals surface area contributed by atoms with Crippen LogP contribution in [-0.4, -0.2) is 23.2 Å². The highest BCUT2D eigenvalue weighted by Crippen LogP contribution is 2.25. The van der Waals surface area contributed by atoms with E-state index in [1.807, 2.05) is 29.6 Å². The van der Waals surface area contributed by atoms with Gasteiger partial charge in [0.1, 0.15) is 10.8 Å². The van der Waals surface area contributed by atoms with Crippen LogP contribution in [0.4, 0.5) is 0 Å². The maximum Gasteiger partial charge on any atom is 0.328 e. The van der Waals surface area contributed by atoms with Gasteiger partial charge in [0.15, 0.2) is 0 Å². The molecule has 18 heavy (non-hydrogen) atoms. The van der Waals surface area contributed by atoms with E-state index >= 15 is 0 Å². The van der Waals surface area contributed by atoms with Crippen molar-refractivity contribution in [3.63, 3.8) is 0 Å². The van der Waals surface area contributed by atoms with Crippen LogP contribution in [0.1, 0.15) is 5.01 Å². The molecule has 0 aliphatic carbocycles. The number of methoxy groups -OCH3 is 1. The summed E-state index contributed by atoms with van der Waals surface area (Å²) in [6.07, 6.45) is 2.56. The maximum atomic E-state index is 10.4. The fraction of sp³-hybridized carbons (Fsp3) is 0.0769. The lowest BCUT2D eigenvalue weighted by molar-refractivity contribution is -0.131. The van der Waals surface area contributed by atoms with E-state index in [-0.39, 0.29) is 0 Å². The van der Waals surface area contributed by atoms with Crippen molar-refractivity contribution in [3.05, 3.63) is 40.7 Å². The van der Waals surface area contributed by atoms with Gasteiger partial charge < -0.3 is 9.84 Å². The molecule has 0 radical (unpaired) electrons. The minimum absolute atomic E-state index is 0.662. The molecule has 0 fully saturated rings. The van der Waals surface area contributed by atoms with Crippen molar-refractivity contribution in [2.45, 2.75) is 0 Å². The summed E-state index contributed by atoms with van der Waals surface area (Å²) in [4.78, 5) is 14.7. The molecule has 0 unspecified atom stereocenters. The van der Waals surface area contributed by atoms with E-state index in [9.17, 15) is 4.79 Å². The molecule has 0 saturated carbocycles. The normalized spacial score (nSPS) is 10.7. The summed E-state index contributed by atoms with van der Waals surface area (Å²) in [6, 6.07) is 7.57. The van der Waals surface area contributed by atoms with Crippen LogP contribution in [0.5, 0.6) is 5.75 Å². The summed E-state index contributed by atoms with van der Waals surface area (Å²) >= 11 is 1.40. The first kappa shape index (κ1) is 12.3. The second kappa shape index (κ2) is 5.46. The molecule has 0 spiro atoms. The number of hydrogen-bond acceptors (Lipinski definition) is 4. The van der Waals surface area contributed by atoms with Crippen molar-refractivity contribution in [2.75, 3.05) is 7.11 Å². The van der Waals surface area contributed by atoms with Gasteiger partial charge in [0, 0.05) is 17.0 Å². The second-order valence-electron chi connectivity index (χ2n) is 3.47. The molecule has 2 aromatic rings. The predicted octanol–water partition coefficient (Wildman–Crippen LogP) is 2.92. The summed E-state index contributed by atoms with van der Waals surface area (Å²) in [7, 11) is 1.61. The van der Waals surface area contributed by atoms with E-state index < -0.39 is 5.97 Å². The van der Waals surface area contributed by atoms with Gasteiger partial charge in [-0.25, -0.2) is 9.78 Å². The Labute approximate surface area is 108 Å². The van der Waals surface area contributed by atoms with Crippen molar-refractivity contribution in [3.8, 4) is 17.0 Å². The Kier molecular flexibility index (Phi) is 3.74. The van der Waals surface area contributed by atoms with E-state index in [2.05, 4.69) is 4.98 Å². The first-order valence-electron chi connectivity index (χ1n) is 5.20. The highest BCUT2D eigenvalue weighted by molar-refractivity contribution is 7.10. The summed E-state index contributed by atoms with van der Waals surface area (Å²) < 4.78 is 5.15. The van der Waals surface area contributed by atoms with Crippen LogP contribution in [-0.2, 0) is 4.79 Å². The molecule has 1 heterocycles. The summed E-state index contributed by atoms with van der Waals surface area (Å²) in [5, 5.41) is 11.1. The molecule has 1 N–H and O–H groups in total. The molecular weight excluding hydrogens is 250 g/mol. The molecule has 2 rings (SSSR count). The van der Waals surface area contributed by atoms with E-state index in [4.69, 9.17) is 9.84 Å². The van der Waals surface area contributed by atoms with Crippen LogP contribution < -0.4 is 4.74 Å². The second-order valence-corrected chi connectivity index (χ2v) is 4.36. The van der Waals surface area contributed by atoms with E-state index in [0.717, 1.165) is 23.1 Å². The number of carboxylic acid groups (broad SMARTS) is 1. The van der Waals surface area contributed by atoms with Crippen molar-refractivity contribution < 1.29 is 14.6 Å². The Morgan fingerprint density at radius 3 is 3.06 bits per heavy atom. The maximum absolute atomic E-state index is 10.4. The fourth-order valence-corrected chi connectivity index (χ4v) is 2.14. The lowest BCUT2D eigenvalue weighted by Crippen LogP contribution is -1.86. The molecule has 1 aromatic heterocycles. The van der Waals surface area contributed by atoms with E-state index in [1.165, 1.54) is 17.4 Å². The minimum Gasteiger partial charge on any atom is -0.497 e. The number of ether oxygens (including phenoxy) is 1. The predicted molar refractivity (Wildman–Crippen MR) is 70.8 cm³/mol. The van der Waals surface area contributed by atoms with Crippen LogP contribution in [0.2, 0.25) is 0 Å². The Bertz CT molecular complexity index is 589. The monoisotopic (exact) mass is 261 g/mol. The van der Waals surface area contributed by atoms with Gasteiger partial charge in [-0.1, -0.05) is 12.1 Å². The van der Waals surface area contributed by atoms with Gasteiger partial charge in [-0.15, -0.1) is 11.3 Å². The number of carboxylic acids is 1. The first-order chi connectivity index (χ1) is 8.69. The van der Waals surface area contributed by atoms with Crippen LogP contribution in [0.25, 0.3) is 17.3 Å². The number of nitrogens with zero attached hydrogens (tertiary/aromatic N) is 1. The zero-order valence-corrected chi connectivity index (χ0v) is 10.5. The lowest BCUT2D eigenvalue weighted by Gasteiger charge is -2.01.